The van der Waals surface area contributed by atoms with E-state index in [0.29, 0.717) is 30.0 Å². The van der Waals surface area contributed by atoms with Crippen molar-refractivity contribution in [3.8, 4) is 0 Å². The third-order valence-corrected chi connectivity index (χ3v) is 13.4. The first-order valence-corrected chi connectivity index (χ1v) is 20.8. The minimum atomic E-state index is -0.396. The van der Waals surface area contributed by atoms with Crippen LogP contribution in [0, 0.1) is 20.2 Å². The number of aromatic amines is 3. The minimum absolute atomic E-state index is 0.127. The number of rotatable bonds is 6. The lowest BCUT2D eigenvalue weighted by atomic mass is 9.94. The molecule has 4 aromatic heterocycles. The predicted octanol–water partition coefficient (Wildman–Crippen LogP) is 9.92. The molecule has 4 atom stereocenters. The van der Waals surface area contributed by atoms with Crippen molar-refractivity contribution in [1.29, 1.82) is 0 Å². The van der Waals surface area contributed by atoms with E-state index in [-0.39, 0.29) is 16.3 Å². The maximum Gasteiger partial charge on any atom is 0.270 e. The van der Waals surface area contributed by atoms with Crippen molar-refractivity contribution in [2.24, 2.45) is 10.7 Å². The number of nitro benzene ring substituents is 2. The van der Waals surface area contributed by atoms with E-state index in [1.165, 1.54) is 53.8 Å². The first kappa shape index (κ1) is 38.2. The summed E-state index contributed by atoms with van der Waals surface area (Å²) in [7, 11) is 4.45. The number of H-pyrrole nitrogens is 3. The van der Waals surface area contributed by atoms with Crippen LogP contribution in [-0.2, 0) is 0 Å². The van der Waals surface area contributed by atoms with E-state index in [0.717, 1.165) is 56.3 Å². The Morgan fingerprint density at radius 1 is 0.729 bits per heavy atom. The van der Waals surface area contributed by atoms with Crippen LogP contribution in [-0.4, -0.2) is 78.7 Å². The zero-order valence-electron chi connectivity index (χ0n) is 32.8. The summed E-state index contributed by atoms with van der Waals surface area (Å²) in [4.78, 5) is 40.9. The molecule has 0 amide bonds. The summed E-state index contributed by atoms with van der Waals surface area (Å²) in [6.45, 7) is 0. The minimum Gasteiger partial charge on any atom is -0.383 e. The molecule has 13 nitrogen and oxygen atoms in total. The molecule has 4 unspecified atom stereocenters. The van der Waals surface area contributed by atoms with E-state index in [2.05, 4.69) is 74.3 Å². The van der Waals surface area contributed by atoms with Crippen molar-refractivity contribution in [1.82, 2.24) is 24.8 Å². The fraction of sp³-hybridized carbons (Fsp3) is 0.267. The highest BCUT2D eigenvalue weighted by Gasteiger charge is 2.35. The highest BCUT2D eigenvalue weighted by molar-refractivity contribution is 7.12. The number of nitrogens with two attached hydrogens (primary N) is 1. The number of nitro groups is 2. The van der Waals surface area contributed by atoms with Crippen molar-refractivity contribution in [2.45, 2.75) is 62.7 Å². The van der Waals surface area contributed by atoms with Gasteiger partial charge in [0.1, 0.15) is 5.84 Å². The predicted molar refractivity (Wildman–Crippen MR) is 237 cm³/mol. The smallest absolute Gasteiger partial charge is 0.270 e. The maximum absolute atomic E-state index is 11.0. The zero-order chi connectivity index (χ0) is 40.8. The Labute approximate surface area is 344 Å². The van der Waals surface area contributed by atoms with Gasteiger partial charge < -0.3 is 20.7 Å². The number of nitrogens with one attached hydrogen (secondary N) is 3. The van der Waals surface area contributed by atoms with Crippen molar-refractivity contribution < 1.29 is 9.85 Å². The molecule has 4 bridgehead atoms. The molecule has 4 aliphatic rings. The van der Waals surface area contributed by atoms with E-state index < -0.39 is 4.92 Å². The second-order valence-electron chi connectivity index (χ2n) is 15.8. The first-order chi connectivity index (χ1) is 28.6. The molecule has 2 fully saturated rings. The Hall–Kier alpha value is -6.35. The van der Waals surface area contributed by atoms with Crippen LogP contribution in [0.1, 0.15) is 54.5 Å². The van der Waals surface area contributed by atoms with E-state index in [1.54, 1.807) is 47.9 Å². The molecule has 8 heterocycles. The molecule has 59 heavy (non-hydrogen) atoms. The highest BCUT2D eigenvalue weighted by Crippen LogP contribution is 2.41. The quantitative estimate of drug-likeness (QED) is 0.0559. The number of non-ortho nitro benzene ring substituents is 2. The lowest BCUT2D eigenvalue weighted by Gasteiger charge is -2.30. The van der Waals surface area contributed by atoms with Crippen LogP contribution < -0.4 is 5.73 Å². The highest BCUT2D eigenvalue weighted by atomic mass is 32.1. The molecule has 300 valence electrons. The monoisotopic (exact) mass is 807 g/mol. The summed E-state index contributed by atoms with van der Waals surface area (Å²) in [5.41, 5.74) is 15.6. The lowest BCUT2D eigenvalue weighted by Crippen LogP contribution is -2.34. The van der Waals surface area contributed by atoms with Gasteiger partial charge in [-0.15, -0.1) is 11.3 Å². The Kier molecular flexibility index (Phi) is 10.2. The molecule has 11 rings (SSSR count). The second-order valence-corrected chi connectivity index (χ2v) is 16.8. The Balaban J connectivity index is 0.000000122. The fourth-order valence-corrected chi connectivity index (χ4v) is 9.82. The van der Waals surface area contributed by atoms with Crippen LogP contribution >= 0.6 is 11.3 Å². The summed E-state index contributed by atoms with van der Waals surface area (Å²) in [5.74, 6) is 0.577. The maximum atomic E-state index is 11.0. The van der Waals surface area contributed by atoms with Gasteiger partial charge in [0, 0.05) is 111 Å². The van der Waals surface area contributed by atoms with E-state index in [4.69, 9.17) is 5.73 Å². The van der Waals surface area contributed by atoms with Gasteiger partial charge in [-0.25, -0.2) is 4.99 Å². The summed E-state index contributed by atoms with van der Waals surface area (Å²) >= 11 is 1.61. The second kappa shape index (κ2) is 15.8. The molecule has 14 heteroatoms. The van der Waals surface area contributed by atoms with Crippen LogP contribution in [0.15, 0.2) is 114 Å². The van der Waals surface area contributed by atoms with Gasteiger partial charge in [0.2, 0.25) is 0 Å². The number of benzene rings is 3. The molecule has 7 aromatic rings. The number of hydrogen-bond acceptors (Lipinski definition) is 8. The molecule has 5 N–H and O–H groups in total. The van der Waals surface area contributed by atoms with E-state index in [1.807, 2.05) is 35.8 Å². The molecular formula is C45H45N9O4S. The average molecular weight is 808 g/mol. The van der Waals surface area contributed by atoms with Gasteiger partial charge in [0.15, 0.2) is 0 Å². The van der Waals surface area contributed by atoms with Crippen molar-refractivity contribution in [3.05, 3.63) is 145 Å². The molecule has 0 saturated carbocycles. The van der Waals surface area contributed by atoms with Gasteiger partial charge in [-0.1, -0.05) is 18.2 Å². The number of likely N-dealkylation sites (N-methyl/N-ethyl adjacent to an activating group) is 2. The standard InChI is InChI=1S/C21H22N4S.C16H17N3O2.C8H6N2O2/c1-25-15-5-6-16(25)10-13(9-15)18-12-23-19-7-4-14(11-17(18)19)24-21(22)20-3-2-8-26-20;1-18-11-2-3-12(18)7-10(6-11)15-9-17-16-5-4-13(19(20)21)8-14(15)16;11-10(12)7-1-2-8-6(5-7)3-4-9-8/h2-4,7-9,11-12,15-16,23H,5-6,10H2,1H3,(H2,22,24);4-6,8-9,11-12,17H,2-3,7H2,1H3;1-5,9H. The van der Waals surface area contributed by atoms with Gasteiger partial charge in [-0.3, -0.25) is 30.0 Å². The molecular weight excluding hydrogens is 763 g/mol. The van der Waals surface area contributed by atoms with Crippen molar-refractivity contribution in [3.63, 3.8) is 0 Å². The van der Waals surface area contributed by atoms with Crippen LogP contribution in [0.3, 0.4) is 0 Å². The third-order valence-electron chi connectivity index (χ3n) is 12.5. The van der Waals surface area contributed by atoms with Crippen molar-refractivity contribution >= 4 is 78.1 Å². The van der Waals surface area contributed by atoms with Crippen LogP contribution in [0.5, 0.6) is 0 Å². The summed E-state index contributed by atoms with van der Waals surface area (Å²) in [6.07, 6.45) is 17.9. The molecule has 0 aliphatic carbocycles. The van der Waals surface area contributed by atoms with Gasteiger partial charge in [0.25, 0.3) is 11.4 Å². The first-order valence-electron chi connectivity index (χ1n) is 19.9. The Bertz CT molecular complexity index is 2790. The largest absolute Gasteiger partial charge is 0.383 e. The normalized spacial score (nSPS) is 21.5. The topological polar surface area (TPSA) is 179 Å². The lowest BCUT2D eigenvalue weighted by molar-refractivity contribution is -0.384. The third kappa shape index (κ3) is 7.57. The van der Waals surface area contributed by atoms with E-state index in [9.17, 15) is 20.2 Å². The van der Waals surface area contributed by atoms with Gasteiger partial charge >= 0.3 is 0 Å². The van der Waals surface area contributed by atoms with Gasteiger partial charge in [-0.05, 0) is 112 Å². The molecule has 3 aromatic carbocycles. The van der Waals surface area contributed by atoms with Crippen LogP contribution in [0.4, 0.5) is 17.1 Å². The van der Waals surface area contributed by atoms with Crippen molar-refractivity contribution in [2.75, 3.05) is 14.1 Å². The SMILES string of the molecule is CN1C2C=C(c3c[nH]c4ccc(N=C(N)c5cccs5)cc34)CC1CC2.CN1C2C=C(c3c[nH]c4ccc([N+](=O)[O-])cc34)CC1CC2.O=[N+]([O-])c1ccc2[nH]ccc2c1. The number of aliphatic imine (C=N–C) groups is 1. The van der Waals surface area contributed by atoms with E-state index >= 15 is 0 Å². The summed E-state index contributed by atoms with van der Waals surface area (Å²) in [5, 5.41) is 26.4. The number of aromatic nitrogens is 3. The number of amidine groups is 1. The number of nitrogens with zero attached hydrogens (tertiary/aromatic N) is 5. The fourth-order valence-electron chi connectivity index (χ4n) is 9.19. The molecule has 4 aliphatic heterocycles. The molecule has 0 radical (unpaired) electrons. The van der Waals surface area contributed by atoms with Gasteiger partial charge in [-0.2, -0.15) is 0 Å². The number of thiophene rings is 1. The summed E-state index contributed by atoms with van der Waals surface area (Å²) in [6, 6.07) is 24.2. The zero-order valence-corrected chi connectivity index (χ0v) is 33.6. The molecule has 0 spiro atoms. The van der Waals surface area contributed by atoms with Gasteiger partial charge in [0.05, 0.1) is 20.4 Å². The number of hydrogen-bond donors (Lipinski definition) is 4. The van der Waals surface area contributed by atoms with Crippen LogP contribution in [0.2, 0.25) is 0 Å². The number of fused-ring (bicyclic) bond motifs is 7. The summed E-state index contributed by atoms with van der Waals surface area (Å²) < 4.78 is 0. The Morgan fingerprint density at radius 2 is 1.31 bits per heavy atom. The molecule has 2 saturated heterocycles. The van der Waals surface area contributed by atoms with Crippen LogP contribution in [0.25, 0.3) is 43.9 Å². The Morgan fingerprint density at radius 3 is 1.88 bits per heavy atom. The average Bonchev–Trinajstić information content (AvgIpc) is 4.10.